The van der Waals surface area contributed by atoms with Crippen LogP contribution in [0.1, 0.15) is 12.5 Å². The number of aromatic nitrogens is 2. The van der Waals surface area contributed by atoms with E-state index in [9.17, 15) is 0 Å². The summed E-state index contributed by atoms with van der Waals surface area (Å²) in [6.45, 7) is 7.38. The van der Waals surface area contributed by atoms with Gasteiger partial charge in [-0.1, -0.05) is 6.07 Å². The standard InChI is InChI=1S/C14H18N4/c1-10-3-4-12(14-13(10)16-5-6-17-14)18-8-7-15-11(2)9-18/h3-6,11,15H,7-9H2,1-2H3. The van der Waals surface area contributed by atoms with Crippen LogP contribution in [-0.4, -0.2) is 35.6 Å². The number of anilines is 1. The van der Waals surface area contributed by atoms with Crippen molar-refractivity contribution < 1.29 is 0 Å². The van der Waals surface area contributed by atoms with Gasteiger partial charge in [0, 0.05) is 38.1 Å². The van der Waals surface area contributed by atoms with Crippen molar-refractivity contribution in [3.05, 3.63) is 30.1 Å². The largest absolute Gasteiger partial charge is 0.367 e. The first-order valence-electron chi connectivity index (χ1n) is 6.44. The average Bonchev–Trinajstić information content (AvgIpc) is 2.39. The number of nitrogens with one attached hydrogen (secondary N) is 1. The molecule has 1 fully saturated rings. The summed E-state index contributed by atoms with van der Waals surface area (Å²) in [7, 11) is 0. The molecule has 4 nitrogen and oxygen atoms in total. The van der Waals surface area contributed by atoms with Gasteiger partial charge in [0.05, 0.1) is 11.2 Å². The summed E-state index contributed by atoms with van der Waals surface area (Å²) < 4.78 is 0. The van der Waals surface area contributed by atoms with Crippen LogP contribution in [0.2, 0.25) is 0 Å². The van der Waals surface area contributed by atoms with Crippen molar-refractivity contribution in [3.8, 4) is 0 Å². The molecule has 0 aliphatic carbocycles. The summed E-state index contributed by atoms with van der Waals surface area (Å²) >= 11 is 0. The first-order valence-corrected chi connectivity index (χ1v) is 6.44. The molecule has 3 rings (SSSR count). The van der Waals surface area contributed by atoms with Gasteiger partial charge in [-0.3, -0.25) is 9.97 Å². The van der Waals surface area contributed by atoms with E-state index in [4.69, 9.17) is 0 Å². The maximum absolute atomic E-state index is 4.52. The van der Waals surface area contributed by atoms with E-state index in [0.717, 1.165) is 30.7 Å². The van der Waals surface area contributed by atoms with Crippen LogP contribution < -0.4 is 10.2 Å². The van der Waals surface area contributed by atoms with Crippen LogP contribution in [-0.2, 0) is 0 Å². The Hall–Kier alpha value is -1.68. The number of benzene rings is 1. The van der Waals surface area contributed by atoms with Gasteiger partial charge in [0.25, 0.3) is 0 Å². The van der Waals surface area contributed by atoms with E-state index in [2.05, 4.69) is 46.2 Å². The molecule has 94 valence electrons. The molecule has 1 N–H and O–H groups in total. The maximum atomic E-state index is 4.52. The van der Waals surface area contributed by atoms with Crippen LogP contribution in [0.3, 0.4) is 0 Å². The Morgan fingerprint density at radius 3 is 2.78 bits per heavy atom. The molecule has 1 saturated heterocycles. The van der Waals surface area contributed by atoms with Gasteiger partial charge in [-0.25, -0.2) is 0 Å². The maximum Gasteiger partial charge on any atom is 0.112 e. The fourth-order valence-corrected chi connectivity index (χ4v) is 2.58. The lowest BCUT2D eigenvalue weighted by Gasteiger charge is -2.34. The monoisotopic (exact) mass is 242 g/mol. The molecule has 4 heteroatoms. The van der Waals surface area contributed by atoms with Crippen LogP contribution in [0, 0.1) is 6.92 Å². The molecular weight excluding hydrogens is 224 g/mol. The minimum atomic E-state index is 0.520. The molecule has 0 saturated carbocycles. The quantitative estimate of drug-likeness (QED) is 0.827. The predicted molar refractivity (Wildman–Crippen MR) is 74.0 cm³/mol. The summed E-state index contributed by atoms with van der Waals surface area (Å²) in [5.41, 5.74) is 4.43. The van der Waals surface area contributed by atoms with Gasteiger partial charge < -0.3 is 10.2 Å². The highest BCUT2D eigenvalue weighted by Crippen LogP contribution is 2.26. The van der Waals surface area contributed by atoms with E-state index >= 15 is 0 Å². The lowest BCUT2D eigenvalue weighted by atomic mass is 10.1. The Labute approximate surface area is 107 Å². The minimum absolute atomic E-state index is 0.520. The van der Waals surface area contributed by atoms with Gasteiger partial charge in [0.15, 0.2) is 0 Å². The van der Waals surface area contributed by atoms with Crippen molar-refractivity contribution in [2.24, 2.45) is 0 Å². The molecule has 1 unspecified atom stereocenters. The van der Waals surface area contributed by atoms with Crippen molar-refractivity contribution in [1.29, 1.82) is 0 Å². The third-order valence-electron chi connectivity index (χ3n) is 3.52. The van der Waals surface area contributed by atoms with Crippen LogP contribution in [0.25, 0.3) is 11.0 Å². The van der Waals surface area contributed by atoms with Crippen molar-refractivity contribution >= 4 is 16.7 Å². The normalized spacial score (nSPS) is 20.3. The summed E-state index contributed by atoms with van der Waals surface area (Å²) in [6.07, 6.45) is 3.54. The molecule has 2 aromatic rings. The number of piperazine rings is 1. The predicted octanol–water partition coefficient (Wildman–Crippen LogP) is 1.74. The fourth-order valence-electron chi connectivity index (χ4n) is 2.58. The second kappa shape index (κ2) is 4.53. The van der Waals surface area contributed by atoms with Gasteiger partial charge in [-0.05, 0) is 25.5 Å². The second-order valence-electron chi connectivity index (χ2n) is 4.96. The van der Waals surface area contributed by atoms with Crippen LogP contribution in [0.5, 0.6) is 0 Å². The lowest BCUT2D eigenvalue weighted by Crippen LogP contribution is -2.49. The molecule has 0 amide bonds. The van der Waals surface area contributed by atoms with E-state index in [1.54, 1.807) is 12.4 Å². The third-order valence-corrected chi connectivity index (χ3v) is 3.52. The molecule has 1 aromatic carbocycles. The Morgan fingerprint density at radius 1 is 1.22 bits per heavy atom. The van der Waals surface area contributed by atoms with Gasteiger partial charge in [0.1, 0.15) is 5.52 Å². The zero-order valence-electron chi connectivity index (χ0n) is 10.8. The number of rotatable bonds is 1. The topological polar surface area (TPSA) is 41.0 Å². The molecule has 2 heterocycles. The van der Waals surface area contributed by atoms with E-state index in [0.29, 0.717) is 6.04 Å². The summed E-state index contributed by atoms with van der Waals surface area (Å²) in [5.74, 6) is 0. The summed E-state index contributed by atoms with van der Waals surface area (Å²) in [4.78, 5) is 11.4. The number of hydrogen-bond donors (Lipinski definition) is 1. The van der Waals surface area contributed by atoms with Crippen LogP contribution in [0.4, 0.5) is 5.69 Å². The molecule has 1 aliphatic rings. The average molecular weight is 242 g/mol. The zero-order chi connectivity index (χ0) is 12.5. The molecule has 18 heavy (non-hydrogen) atoms. The molecule has 1 aliphatic heterocycles. The SMILES string of the molecule is Cc1ccc(N2CCNC(C)C2)c2nccnc12. The van der Waals surface area contributed by atoms with Crippen molar-refractivity contribution in [2.45, 2.75) is 19.9 Å². The van der Waals surface area contributed by atoms with E-state index in [1.165, 1.54) is 11.3 Å². The number of hydrogen-bond acceptors (Lipinski definition) is 4. The molecule has 0 radical (unpaired) electrons. The highest BCUT2D eigenvalue weighted by molar-refractivity contribution is 5.90. The highest BCUT2D eigenvalue weighted by atomic mass is 15.2. The van der Waals surface area contributed by atoms with Gasteiger partial charge in [-0.2, -0.15) is 0 Å². The van der Waals surface area contributed by atoms with Gasteiger partial charge >= 0.3 is 0 Å². The van der Waals surface area contributed by atoms with Gasteiger partial charge in [0.2, 0.25) is 0 Å². The first-order chi connectivity index (χ1) is 8.75. The fraction of sp³-hybridized carbons (Fsp3) is 0.429. The first kappa shape index (κ1) is 11.4. The van der Waals surface area contributed by atoms with Gasteiger partial charge in [-0.15, -0.1) is 0 Å². The number of nitrogens with zero attached hydrogens (tertiary/aromatic N) is 3. The molecule has 0 bridgehead atoms. The van der Waals surface area contributed by atoms with Crippen molar-refractivity contribution in [3.63, 3.8) is 0 Å². The lowest BCUT2D eigenvalue weighted by molar-refractivity contribution is 0.485. The number of fused-ring (bicyclic) bond motifs is 1. The third kappa shape index (κ3) is 1.93. The Kier molecular flexibility index (Phi) is 2.88. The summed E-state index contributed by atoms with van der Waals surface area (Å²) in [5, 5.41) is 3.46. The Bertz CT molecular complexity index is 567. The number of aryl methyl sites for hydroxylation is 1. The van der Waals surface area contributed by atoms with E-state index in [-0.39, 0.29) is 0 Å². The highest BCUT2D eigenvalue weighted by Gasteiger charge is 2.18. The smallest absolute Gasteiger partial charge is 0.112 e. The van der Waals surface area contributed by atoms with Crippen LogP contribution in [0.15, 0.2) is 24.5 Å². The van der Waals surface area contributed by atoms with Crippen molar-refractivity contribution in [1.82, 2.24) is 15.3 Å². The van der Waals surface area contributed by atoms with E-state index in [1.807, 2.05) is 0 Å². The minimum Gasteiger partial charge on any atom is -0.367 e. The Balaban J connectivity index is 2.09. The van der Waals surface area contributed by atoms with E-state index < -0.39 is 0 Å². The molecular formula is C14H18N4. The second-order valence-corrected chi connectivity index (χ2v) is 4.96. The molecule has 0 spiro atoms. The Morgan fingerprint density at radius 2 is 2.00 bits per heavy atom. The zero-order valence-corrected chi connectivity index (χ0v) is 10.8. The van der Waals surface area contributed by atoms with Crippen molar-refractivity contribution in [2.75, 3.05) is 24.5 Å². The molecule has 1 aromatic heterocycles. The van der Waals surface area contributed by atoms with Crippen LogP contribution >= 0.6 is 0 Å². The molecule has 1 atom stereocenters. The summed E-state index contributed by atoms with van der Waals surface area (Å²) in [6, 6.07) is 4.83.